The molecule has 3 nitrogen and oxygen atoms in total. The second-order valence-electron chi connectivity index (χ2n) is 3.56. The predicted octanol–water partition coefficient (Wildman–Crippen LogP) is 2.05. The van der Waals surface area contributed by atoms with Gasteiger partial charge in [-0.3, -0.25) is 4.79 Å². The Kier molecular flexibility index (Phi) is 2.07. The quantitative estimate of drug-likeness (QED) is 0.786. The van der Waals surface area contributed by atoms with Gasteiger partial charge in [-0.15, -0.1) is 11.3 Å². The summed E-state index contributed by atoms with van der Waals surface area (Å²) < 4.78 is 0. The van der Waals surface area contributed by atoms with E-state index in [0.29, 0.717) is 11.7 Å². The fourth-order valence-corrected chi connectivity index (χ4v) is 1.87. The Morgan fingerprint density at radius 2 is 2.46 bits per heavy atom. The van der Waals surface area contributed by atoms with Gasteiger partial charge >= 0.3 is 0 Å². The van der Waals surface area contributed by atoms with E-state index in [0.717, 1.165) is 11.4 Å². The summed E-state index contributed by atoms with van der Waals surface area (Å²) in [6.45, 7) is 4.02. The van der Waals surface area contributed by atoms with Crippen molar-refractivity contribution in [1.82, 2.24) is 4.98 Å². The normalized spacial score (nSPS) is 25.7. The Morgan fingerprint density at radius 1 is 1.77 bits per heavy atom. The van der Waals surface area contributed by atoms with Gasteiger partial charge in [-0.25, -0.2) is 4.98 Å². The van der Waals surface area contributed by atoms with E-state index >= 15 is 0 Å². The number of hydrogen-bond acceptors (Lipinski definition) is 3. The molecule has 1 aromatic rings. The van der Waals surface area contributed by atoms with Crippen LogP contribution in [0.1, 0.15) is 18.4 Å². The number of hydrogen-bond donors (Lipinski definition) is 1. The fraction of sp³-hybridized carbons (Fsp3) is 0.556. The van der Waals surface area contributed by atoms with E-state index in [9.17, 15) is 4.79 Å². The Labute approximate surface area is 81.2 Å². The highest BCUT2D eigenvalue weighted by Crippen LogP contribution is 2.38. The Morgan fingerprint density at radius 3 is 2.92 bits per heavy atom. The number of nitrogens with one attached hydrogen (secondary N) is 1. The maximum Gasteiger partial charge on any atom is 0.228 e. The molecule has 1 fully saturated rings. The van der Waals surface area contributed by atoms with Crippen LogP contribution in [0.5, 0.6) is 0 Å². The number of rotatable bonds is 2. The third-order valence-electron chi connectivity index (χ3n) is 2.32. The second kappa shape index (κ2) is 3.10. The van der Waals surface area contributed by atoms with E-state index in [1.165, 1.54) is 0 Å². The molecule has 1 aliphatic rings. The van der Waals surface area contributed by atoms with Crippen LogP contribution in [0.25, 0.3) is 0 Å². The lowest BCUT2D eigenvalue weighted by Gasteiger charge is -1.98. The molecule has 0 aromatic carbocycles. The van der Waals surface area contributed by atoms with E-state index in [2.05, 4.69) is 17.2 Å². The Bertz CT molecular complexity index is 334. The largest absolute Gasteiger partial charge is 0.310 e. The highest BCUT2D eigenvalue weighted by atomic mass is 32.1. The first kappa shape index (κ1) is 8.69. The lowest BCUT2D eigenvalue weighted by Crippen LogP contribution is -2.14. The summed E-state index contributed by atoms with van der Waals surface area (Å²) in [7, 11) is 0. The van der Waals surface area contributed by atoms with Crippen LogP contribution < -0.4 is 5.32 Å². The van der Waals surface area contributed by atoms with Crippen LogP contribution in [0, 0.1) is 18.8 Å². The van der Waals surface area contributed by atoms with Crippen LogP contribution in [0.2, 0.25) is 0 Å². The molecule has 1 saturated carbocycles. The number of aryl methyl sites for hydroxylation is 1. The van der Waals surface area contributed by atoms with Gasteiger partial charge in [0.15, 0.2) is 0 Å². The highest BCUT2D eigenvalue weighted by Gasteiger charge is 2.39. The maximum absolute atomic E-state index is 11.4. The van der Waals surface area contributed by atoms with E-state index in [1.807, 2.05) is 12.3 Å². The lowest BCUT2D eigenvalue weighted by molar-refractivity contribution is -0.117. The summed E-state index contributed by atoms with van der Waals surface area (Å²) in [5.41, 5.74) is 0. The second-order valence-corrected chi connectivity index (χ2v) is 4.62. The number of carbonyl (C=O) groups is 1. The van der Waals surface area contributed by atoms with Crippen molar-refractivity contribution in [3.8, 4) is 0 Å². The van der Waals surface area contributed by atoms with E-state index < -0.39 is 0 Å². The smallest absolute Gasteiger partial charge is 0.228 e. The SMILES string of the molecule is Cc1nc(NC(=O)[C@H]2C[C@@H]2C)cs1. The van der Waals surface area contributed by atoms with Crippen LogP contribution in [-0.4, -0.2) is 10.9 Å². The molecule has 70 valence electrons. The van der Waals surface area contributed by atoms with Crippen molar-refractivity contribution in [3.63, 3.8) is 0 Å². The number of nitrogens with zero attached hydrogens (tertiary/aromatic N) is 1. The first-order valence-corrected chi connectivity index (χ1v) is 5.28. The molecule has 0 spiro atoms. The van der Waals surface area contributed by atoms with Crippen molar-refractivity contribution in [3.05, 3.63) is 10.4 Å². The Hall–Kier alpha value is -0.900. The van der Waals surface area contributed by atoms with E-state index in [1.54, 1.807) is 11.3 Å². The summed E-state index contributed by atoms with van der Waals surface area (Å²) in [4.78, 5) is 15.6. The molecular formula is C9H12N2OS. The van der Waals surface area contributed by atoms with Gasteiger partial charge in [-0.1, -0.05) is 6.92 Å². The van der Waals surface area contributed by atoms with Gasteiger partial charge in [0.05, 0.1) is 5.01 Å². The zero-order valence-electron chi connectivity index (χ0n) is 7.70. The van der Waals surface area contributed by atoms with Crippen molar-refractivity contribution < 1.29 is 4.79 Å². The molecule has 0 bridgehead atoms. The van der Waals surface area contributed by atoms with Gasteiger partial charge in [0.25, 0.3) is 0 Å². The molecule has 1 aliphatic carbocycles. The van der Waals surface area contributed by atoms with Crippen LogP contribution in [0.3, 0.4) is 0 Å². The zero-order chi connectivity index (χ0) is 9.42. The average Bonchev–Trinajstić information content (AvgIpc) is 2.66. The van der Waals surface area contributed by atoms with Crippen molar-refractivity contribution in [2.45, 2.75) is 20.3 Å². The summed E-state index contributed by atoms with van der Waals surface area (Å²) in [5, 5.41) is 5.68. The van der Waals surface area contributed by atoms with Gasteiger partial charge in [0.2, 0.25) is 5.91 Å². The molecular weight excluding hydrogens is 184 g/mol. The first-order valence-electron chi connectivity index (χ1n) is 4.40. The molecule has 2 atom stereocenters. The maximum atomic E-state index is 11.4. The fourth-order valence-electron chi connectivity index (χ4n) is 1.33. The topological polar surface area (TPSA) is 42.0 Å². The van der Waals surface area contributed by atoms with E-state index in [-0.39, 0.29) is 11.8 Å². The number of amides is 1. The molecule has 2 rings (SSSR count). The van der Waals surface area contributed by atoms with Crippen LogP contribution in [0.15, 0.2) is 5.38 Å². The number of anilines is 1. The molecule has 0 radical (unpaired) electrons. The molecule has 1 N–H and O–H groups in total. The van der Waals surface area contributed by atoms with Crippen molar-refractivity contribution in [2.75, 3.05) is 5.32 Å². The minimum Gasteiger partial charge on any atom is -0.310 e. The number of carbonyl (C=O) groups excluding carboxylic acids is 1. The minimum atomic E-state index is 0.123. The summed E-state index contributed by atoms with van der Waals surface area (Å²) in [6.07, 6.45) is 1.02. The standard InChI is InChI=1S/C9H12N2OS/c1-5-3-7(5)9(12)11-8-4-13-6(2)10-8/h4-5,7H,3H2,1-2H3,(H,11,12)/t5-,7-/m0/s1. The molecule has 1 aromatic heterocycles. The van der Waals surface area contributed by atoms with Crippen LogP contribution in [0.4, 0.5) is 5.82 Å². The molecule has 1 amide bonds. The zero-order valence-corrected chi connectivity index (χ0v) is 8.52. The van der Waals surface area contributed by atoms with Gasteiger partial charge in [0, 0.05) is 11.3 Å². The minimum absolute atomic E-state index is 0.123. The number of aromatic nitrogens is 1. The van der Waals surface area contributed by atoms with Crippen molar-refractivity contribution >= 4 is 23.1 Å². The van der Waals surface area contributed by atoms with Crippen molar-refractivity contribution in [1.29, 1.82) is 0 Å². The lowest BCUT2D eigenvalue weighted by atomic mass is 10.3. The predicted molar refractivity (Wildman–Crippen MR) is 52.8 cm³/mol. The monoisotopic (exact) mass is 196 g/mol. The molecule has 0 unspecified atom stereocenters. The highest BCUT2D eigenvalue weighted by molar-refractivity contribution is 7.09. The first-order chi connectivity index (χ1) is 6.16. The summed E-state index contributed by atoms with van der Waals surface area (Å²) >= 11 is 1.55. The van der Waals surface area contributed by atoms with Crippen molar-refractivity contribution in [2.24, 2.45) is 11.8 Å². The van der Waals surface area contributed by atoms with Gasteiger partial charge in [-0.05, 0) is 19.3 Å². The Balaban J connectivity index is 1.95. The molecule has 13 heavy (non-hydrogen) atoms. The summed E-state index contributed by atoms with van der Waals surface area (Å²) in [6, 6.07) is 0. The van der Waals surface area contributed by atoms with Crippen LogP contribution in [-0.2, 0) is 4.79 Å². The third kappa shape index (κ3) is 1.88. The number of thiazole rings is 1. The molecule has 0 saturated heterocycles. The summed E-state index contributed by atoms with van der Waals surface area (Å²) in [5.74, 6) is 1.60. The van der Waals surface area contributed by atoms with Crippen LogP contribution >= 0.6 is 11.3 Å². The van der Waals surface area contributed by atoms with E-state index in [4.69, 9.17) is 0 Å². The third-order valence-corrected chi connectivity index (χ3v) is 3.09. The molecule has 0 aliphatic heterocycles. The molecule has 4 heteroatoms. The van der Waals surface area contributed by atoms with Gasteiger partial charge in [-0.2, -0.15) is 0 Å². The van der Waals surface area contributed by atoms with Gasteiger partial charge < -0.3 is 5.32 Å². The average molecular weight is 196 g/mol. The molecule has 1 heterocycles. The van der Waals surface area contributed by atoms with Gasteiger partial charge in [0.1, 0.15) is 5.82 Å².